The number of ether oxygens (including phenoxy) is 3. The molecule has 2 heterocycles. The Kier molecular flexibility index (Phi) is 7.40. The Hall–Kier alpha value is -0.420. The largest absolute Gasteiger partial charge is 0.368 e. The molecule has 1 aliphatic carbocycles. The highest BCUT2D eigenvalue weighted by molar-refractivity contribution is 5.07. The van der Waals surface area contributed by atoms with Gasteiger partial charge in [0.2, 0.25) is 0 Å². The second-order valence-electron chi connectivity index (χ2n) is 9.65. The lowest BCUT2D eigenvalue weighted by Gasteiger charge is -2.36. The van der Waals surface area contributed by atoms with Gasteiger partial charge in [-0.3, -0.25) is 0 Å². The molecule has 156 valence electrons. The van der Waals surface area contributed by atoms with Crippen LogP contribution >= 0.6 is 0 Å². The maximum Gasteiger partial charge on any atom is 0.158 e. The number of hydrogen-bond acceptors (Lipinski definition) is 4. The fourth-order valence-corrected chi connectivity index (χ4v) is 5.13. The maximum absolute atomic E-state index is 9.87. The van der Waals surface area contributed by atoms with Crippen molar-refractivity contribution in [2.45, 2.75) is 104 Å². The lowest BCUT2D eigenvalue weighted by Crippen LogP contribution is -2.36. The Morgan fingerprint density at radius 2 is 2.07 bits per heavy atom. The summed E-state index contributed by atoms with van der Waals surface area (Å²) in [7, 11) is 0. The topological polar surface area (TPSA) is 47.9 Å². The Bertz CT molecular complexity index is 483. The van der Waals surface area contributed by atoms with E-state index in [1.165, 1.54) is 19.3 Å². The lowest BCUT2D eigenvalue weighted by molar-refractivity contribution is -0.197. The van der Waals surface area contributed by atoms with Crippen molar-refractivity contribution < 1.29 is 19.3 Å². The van der Waals surface area contributed by atoms with E-state index in [9.17, 15) is 5.11 Å². The van der Waals surface area contributed by atoms with E-state index in [2.05, 4.69) is 39.8 Å². The van der Waals surface area contributed by atoms with Gasteiger partial charge in [0.1, 0.15) is 0 Å². The molecule has 0 spiro atoms. The van der Waals surface area contributed by atoms with E-state index in [-0.39, 0.29) is 23.9 Å². The first-order chi connectivity index (χ1) is 12.9. The van der Waals surface area contributed by atoms with Gasteiger partial charge in [-0.25, -0.2) is 0 Å². The minimum absolute atomic E-state index is 0.0608. The van der Waals surface area contributed by atoms with Crippen LogP contribution in [0, 0.1) is 23.2 Å². The van der Waals surface area contributed by atoms with Crippen molar-refractivity contribution in [2.75, 3.05) is 6.61 Å². The molecule has 1 unspecified atom stereocenters. The third-order valence-electron chi connectivity index (χ3n) is 6.93. The molecule has 3 aliphatic rings. The zero-order valence-electron chi connectivity index (χ0n) is 17.7. The summed E-state index contributed by atoms with van der Waals surface area (Å²) in [6, 6.07) is 0. The SMILES string of the molecule is CCCCC(C)(C)[C@@H](C=C[C@@H]1[C@H]2C[C@H](O)O[C@H]2C[C@H]1C)OC1CCCCO1. The van der Waals surface area contributed by atoms with Gasteiger partial charge in [0, 0.05) is 13.0 Å². The molecule has 0 radical (unpaired) electrons. The molecule has 0 aromatic rings. The van der Waals surface area contributed by atoms with Crippen LogP contribution in [0.15, 0.2) is 12.2 Å². The van der Waals surface area contributed by atoms with Crippen molar-refractivity contribution in [1.29, 1.82) is 0 Å². The summed E-state index contributed by atoms with van der Waals surface area (Å²) in [5.41, 5.74) is 0.0836. The number of hydrogen-bond donors (Lipinski definition) is 1. The zero-order valence-corrected chi connectivity index (χ0v) is 17.7. The molecule has 27 heavy (non-hydrogen) atoms. The molecule has 0 aromatic carbocycles. The van der Waals surface area contributed by atoms with Gasteiger partial charge in [0.15, 0.2) is 12.6 Å². The molecule has 1 saturated carbocycles. The summed E-state index contributed by atoms with van der Waals surface area (Å²) in [6.07, 6.45) is 13.0. The maximum atomic E-state index is 9.87. The van der Waals surface area contributed by atoms with Crippen molar-refractivity contribution in [2.24, 2.45) is 23.2 Å². The Labute approximate surface area is 165 Å². The number of allylic oxidation sites excluding steroid dienone is 1. The van der Waals surface area contributed by atoms with E-state index in [1.807, 2.05) is 0 Å². The summed E-state index contributed by atoms with van der Waals surface area (Å²) >= 11 is 0. The third-order valence-corrected chi connectivity index (χ3v) is 6.93. The fraction of sp³-hybridized carbons (Fsp3) is 0.913. The zero-order chi connectivity index (χ0) is 19.4. The summed E-state index contributed by atoms with van der Waals surface area (Å²) in [4.78, 5) is 0. The highest BCUT2D eigenvalue weighted by Gasteiger charge is 2.46. The van der Waals surface area contributed by atoms with Gasteiger partial charge in [-0.15, -0.1) is 0 Å². The first-order valence-electron chi connectivity index (χ1n) is 11.2. The Balaban J connectivity index is 1.70. The predicted molar refractivity (Wildman–Crippen MR) is 107 cm³/mol. The van der Waals surface area contributed by atoms with Gasteiger partial charge in [-0.2, -0.15) is 0 Å². The molecule has 0 bridgehead atoms. The molecule has 2 saturated heterocycles. The molecule has 0 amide bonds. The standard InChI is InChI=1S/C23H40O4/c1-5-6-12-23(3,4)20(27-22-9-7-8-13-25-22)11-10-17-16(2)14-19-18(17)15-21(24)26-19/h10-11,16-22,24H,5-9,12-15H2,1-4H3/t16-,17+,18-,19+,20-,21-,22?/m1/s1. The minimum Gasteiger partial charge on any atom is -0.368 e. The van der Waals surface area contributed by atoms with Crippen molar-refractivity contribution in [3.8, 4) is 0 Å². The van der Waals surface area contributed by atoms with Crippen LogP contribution in [-0.2, 0) is 14.2 Å². The Morgan fingerprint density at radius 3 is 2.78 bits per heavy atom. The quantitative estimate of drug-likeness (QED) is 0.599. The normalized spacial score (nSPS) is 38.4. The van der Waals surface area contributed by atoms with Crippen LogP contribution in [-0.4, -0.2) is 36.5 Å². The van der Waals surface area contributed by atoms with E-state index >= 15 is 0 Å². The first kappa shape index (κ1) is 21.3. The molecule has 7 atom stereocenters. The van der Waals surface area contributed by atoms with Crippen LogP contribution < -0.4 is 0 Å². The van der Waals surface area contributed by atoms with Crippen molar-refractivity contribution >= 4 is 0 Å². The summed E-state index contributed by atoms with van der Waals surface area (Å²) in [6.45, 7) is 10.0. The third kappa shape index (κ3) is 5.35. The molecule has 3 fully saturated rings. The number of unbranched alkanes of at least 4 members (excludes halogenated alkanes) is 1. The predicted octanol–water partition coefficient (Wildman–Crippen LogP) is 5.05. The number of aliphatic hydroxyl groups is 1. The van der Waals surface area contributed by atoms with E-state index < -0.39 is 6.29 Å². The number of aliphatic hydroxyl groups excluding tert-OH is 1. The monoisotopic (exact) mass is 380 g/mol. The van der Waals surface area contributed by atoms with Crippen LogP contribution in [0.5, 0.6) is 0 Å². The van der Waals surface area contributed by atoms with Gasteiger partial charge >= 0.3 is 0 Å². The van der Waals surface area contributed by atoms with Crippen LogP contribution in [0.25, 0.3) is 0 Å². The van der Waals surface area contributed by atoms with Gasteiger partial charge in [-0.05, 0) is 55.3 Å². The molecule has 1 N–H and O–H groups in total. The summed E-state index contributed by atoms with van der Waals surface area (Å²) < 4.78 is 18.1. The molecule has 3 rings (SSSR count). The highest BCUT2D eigenvalue weighted by atomic mass is 16.7. The van der Waals surface area contributed by atoms with Crippen molar-refractivity contribution in [3.05, 3.63) is 12.2 Å². The number of fused-ring (bicyclic) bond motifs is 1. The van der Waals surface area contributed by atoms with E-state index in [4.69, 9.17) is 14.2 Å². The average Bonchev–Trinajstić information content (AvgIpc) is 3.12. The minimum atomic E-state index is -0.577. The smallest absolute Gasteiger partial charge is 0.158 e. The van der Waals surface area contributed by atoms with E-state index in [0.717, 1.165) is 38.7 Å². The highest BCUT2D eigenvalue weighted by Crippen LogP contribution is 2.47. The summed E-state index contributed by atoms with van der Waals surface area (Å²) in [5, 5.41) is 9.87. The molecule has 4 heteroatoms. The molecule has 2 aliphatic heterocycles. The Morgan fingerprint density at radius 1 is 1.26 bits per heavy atom. The fourth-order valence-electron chi connectivity index (χ4n) is 5.13. The molecular weight excluding hydrogens is 340 g/mol. The second kappa shape index (κ2) is 9.39. The lowest BCUT2D eigenvalue weighted by atomic mass is 9.80. The average molecular weight is 381 g/mol. The van der Waals surface area contributed by atoms with E-state index in [0.29, 0.717) is 17.8 Å². The van der Waals surface area contributed by atoms with E-state index in [1.54, 1.807) is 0 Å². The van der Waals surface area contributed by atoms with Crippen LogP contribution in [0.3, 0.4) is 0 Å². The molecule has 0 aromatic heterocycles. The second-order valence-corrected chi connectivity index (χ2v) is 9.65. The molecular formula is C23H40O4. The van der Waals surface area contributed by atoms with Gasteiger partial charge in [0.25, 0.3) is 0 Å². The first-order valence-corrected chi connectivity index (χ1v) is 11.2. The van der Waals surface area contributed by atoms with Gasteiger partial charge < -0.3 is 19.3 Å². The molecule has 4 nitrogen and oxygen atoms in total. The van der Waals surface area contributed by atoms with Crippen LogP contribution in [0.4, 0.5) is 0 Å². The van der Waals surface area contributed by atoms with Crippen LogP contribution in [0.2, 0.25) is 0 Å². The van der Waals surface area contributed by atoms with Crippen LogP contribution in [0.1, 0.15) is 79.1 Å². The van der Waals surface area contributed by atoms with Crippen molar-refractivity contribution in [1.82, 2.24) is 0 Å². The van der Waals surface area contributed by atoms with Gasteiger partial charge in [-0.1, -0.05) is 52.7 Å². The number of rotatable bonds is 8. The van der Waals surface area contributed by atoms with Crippen molar-refractivity contribution in [3.63, 3.8) is 0 Å². The van der Waals surface area contributed by atoms with Gasteiger partial charge in [0.05, 0.1) is 12.2 Å². The summed E-state index contributed by atoms with van der Waals surface area (Å²) in [5.74, 6) is 1.50.